The van der Waals surface area contributed by atoms with Crippen molar-refractivity contribution in [1.82, 2.24) is 10.2 Å². The maximum atomic E-state index is 14.6. The van der Waals surface area contributed by atoms with Crippen LogP contribution in [0.25, 0.3) is 0 Å². The van der Waals surface area contributed by atoms with E-state index in [0.717, 1.165) is 32.1 Å². The lowest BCUT2D eigenvalue weighted by Crippen LogP contribution is -2.56. The minimum Gasteiger partial charge on any atom is -0.350 e. The van der Waals surface area contributed by atoms with Gasteiger partial charge in [-0.2, -0.15) is 0 Å². The molecule has 4 rings (SSSR count). The van der Waals surface area contributed by atoms with Gasteiger partial charge in [0.05, 0.1) is 10.6 Å². The molecule has 0 saturated heterocycles. The number of carbonyl (C=O) groups excluding carboxylic acids is 2. The topological polar surface area (TPSA) is 86.8 Å². The first kappa shape index (κ1) is 33.5. The lowest BCUT2D eigenvalue weighted by Gasteiger charge is -2.35. The van der Waals surface area contributed by atoms with Crippen molar-refractivity contribution < 1.29 is 18.0 Å². The van der Waals surface area contributed by atoms with E-state index in [1.54, 1.807) is 42.5 Å². The van der Waals surface area contributed by atoms with Crippen LogP contribution in [0, 0.1) is 20.8 Å². The number of benzene rings is 4. The quantitative estimate of drug-likeness (QED) is 0.210. The van der Waals surface area contributed by atoms with E-state index in [9.17, 15) is 18.0 Å². The smallest absolute Gasteiger partial charge is 0.264 e. The molecule has 4 aromatic carbocycles. The third-order valence-corrected chi connectivity index (χ3v) is 9.21. The number of hydrogen-bond donors (Lipinski definition) is 1. The average Bonchev–Trinajstić information content (AvgIpc) is 2.98. The van der Waals surface area contributed by atoms with Gasteiger partial charge in [0.2, 0.25) is 11.8 Å². The molecular weight excluding hydrogens is 582 g/mol. The standard InChI is InChI=1S/C37H43N3O4S/c1-27-15-19-31(20-16-27)25-39(34(36(42)38-37(4,5)6)24-30-12-8-7-9-13-30)35(41)26-40(32-14-10-11-29(3)23-32)45(43,44)33-21-17-28(2)18-22-33/h7-23,34H,24-26H2,1-6H3,(H,38,42). The fourth-order valence-electron chi connectivity index (χ4n) is 5.05. The largest absolute Gasteiger partial charge is 0.350 e. The Morgan fingerprint density at radius 1 is 0.733 bits per heavy atom. The minimum absolute atomic E-state index is 0.0822. The van der Waals surface area contributed by atoms with Crippen LogP contribution in [0.2, 0.25) is 0 Å². The van der Waals surface area contributed by atoms with Crippen molar-refractivity contribution >= 4 is 27.5 Å². The first-order valence-electron chi connectivity index (χ1n) is 15.1. The van der Waals surface area contributed by atoms with Gasteiger partial charge in [-0.15, -0.1) is 0 Å². The Hall–Kier alpha value is -4.43. The predicted octanol–water partition coefficient (Wildman–Crippen LogP) is 6.36. The lowest BCUT2D eigenvalue weighted by molar-refractivity contribution is -0.140. The number of hydrogen-bond acceptors (Lipinski definition) is 4. The molecule has 0 saturated carbocycles. The molecule has 0 bridgehead atoms. The normalized spacial score (nSPS) is 12.3. The molecule has 8 heteroatoms. The third kappa shape index (κ3) is 9.05. The second-order valence-electron chi connectivity index (χ2n) is 12.6. The number of nitrogens with zero attached hydrogens (tertiary/aromatic N) is 2. The van der Waals surface area contributed by atoms with E-state index in [1.165, 1.54) is 4.90 Å². The molecule has 0 heterocycles. The summed E-state index contributed by atoms with van der Waals surface area (Å²) in [6.45, 7) is 11.1. The summed E-state index contributed by atoms with van der Waals surface area (Å²) in [5.41, 5.74) is 4.38. The fraction of sp³-hybridized carbons (Fsp3) is 0.297. The third-order valence-electron chi connectivity index (χ3n) is 7.42. The van der Waals surface area contributed by atoms with Crippen molar-refractivity contribution in [3.8, 4) is 0 Å². The highest BCUT2D eigenvalue weighted by Crippen LogP contribution is 2.26. The molecule has 0 spiro atoms. The van der Waals surface area contributed by atoms with Crippen LogP contribution in [0.4, 0.5) is 5.69 Å². The molecular formula is C37H43N3O4S. The van der Waals surface area contributed by atoms with Gasteiger partial charge < -0.3 is 10.2 Å². The maximum Gasteiger partial charge on any atom is 0.264 e. The summed E-state index contributed by atoms with van der Waals surface area (Å²) in [5, 5.41) is 3.06. The number of aryl methyl sites for hydroxylation is 3. The highest BCUT2D eigenvalue weighted by atomic mass is 32.2. The second-order valence-corrected chi connectivity index (χ2v) is 14.5. The number of anilines is 1. The van der Waals surface area contributed by atoms with Crippen LogP contribution in [0.15, 0.2) is 108 Å². The van der Waals surface area contributed by atoms with Crippen LogP contribution in [-0.2, 0) is 32.6 Å². The molecule has 45 heavy (non-hydrogen) atoms. The maximum absolute atomic E-state index is 14.6. The van der Waals surface area contributed by atoms with Gasteiger partial charge in [-0.05, 0) is 82.5 Å². The fourth-order valence-corrected chi connectivity index (χ4v) is 6.45. The predicted molar refractivity (Wildman–Crippen MR) is 180 cm³/mol. The Morgan fingerprint density at radius 3 is 1.91 bits per heavy atom. The van der Waals surface area contributed by atoms with Crippen LogP contribution in [0.5, 0.6) is 0 Å². The van der Waals surface area contributed by atoms with Gasteiger partial charge in [-0.3, -0.25) is 13.9 Å². The van der Waals surface area contributed by atoms with E-state index in [-0.39, 0.29) is 23.8 Å². The van der Waals surface area contributed by atoms with Crippen molar-refractivity contribution in [2.24, 2.45) is 0 Å². The summed E-state index contributed by atoms with van der Waals surface area (Å²) in [7, 11) is -4.14. The molecule has 1 N–H and O–H groups in total. The average molecular weight is 626 g/mol. The lowest BCUT2D eigenvalue weighted by atomic mass is 10.0. The molecule has 0 aromatic heterocycles. The van der Waals surface area contributed by atoms with Gasteiger partial charge in [-0.25, -0.2) is 8.42 Å². The Bertz CT molecular complexity index is 1710. The van der Waals surface area contributed by atoms with Crippen molar-refractivity contribution in [3.05, 3.63) is 131 Å². The van der Waals surface area contributed by atoms with E-state index >= 15 is 0 Å². The summed E-state index contributed by atoms with van der Waals surface area (Å²) in [5.74, 6) is -0.798. The zero-order valence-electron chi connectivity index (χ0n) is 26.9. The Morgan fingerprint density at radius 2 is 1.33 bits per heavy atom. The Labute approximate surface area is 268 Å². The summed E-state index contributed by atoms with van der Waals surface area (Å²) in [6, 6.07) is 30.1. The zero-order chi connectivity index (χ0) is 32.8. The molecule has 0 fully saturated rings. The first-order chi connectivity index (χ1) is 21.2. The van der Waals surface area contributed by atoms with Crippen LogP contribution < -0.4 is 9.62 Å². The van der Waals surface area contributed by atoms with Crippen molar-refractivity contribution in [2.75, 3.05) is 10.8 Å². The number of sulfonamides is 1. The highest BCUT2D eigenvalue weighted by molar-refractivity contribution is 7.92. The van der Waals surface area contributed by atoms with Crippen LogP contribution in [0.1, 0.15) is 48.6 Å². The highest BCUT2D eigenvalue weighted by Gasteiger charge is 2.35. The summed E-state index contributed by atoms with van der Waals surface area (Å²) in [6.07, 6.45) is 0.259. The minimum atomic E-state index is -4.14. The number of nitrogens with one attached hydrogen (secondary N) is 1. The molecule has 2 amide bonds. The summed E-state index contributed by atoms with van der Waals surface area (Å²) < 4.78 is 29.5. The molecule has 7 nitrogen and oxygen atoms in total. The molecule has 0 aliphatic carbocycles. The summed E-state index contributed by atoms with van der Waals surface area (Å²) >= 11 is 0. The van der Waals surface area contributed by atoms with Crippen LogP contribution in [-0.4, -0.2) is 43.3 Å². The molecule has 1 atom stereocenters. The van der Waals surface area contributed by atoms with Gasteiger partial charge in [0.25, 0.3) is 10.0 Å². The molecule has 236 valence electrons. The molecule has 0 aliphatic rings. The van der Waals surface area contributed by atoms with E-state index in [2.05, 4.69) is 5.32 Å². The number of carbonyl (C=O) groups is 2. The van der Waals surface area contributed by atoms with Crippen molar-refractivity contribution in [1.29, 1.82) is 0 Å². The van der Waals surface area contributed by atoms with E-state index in [1.807, 2.05) is 102 Å². The first-order valence-corrected chi connectivity index (χ1v) is 16.5. The van der Waals surface area contributed by atoms with Crippen molar-refractivity contribution in [3.63, 3.8) is 0 Å². The zero-order valence-corrected chi connectivity index (χ0v) is 27.8. The van der Waals surface area contributed by atoms with Crippen molar-refractivity contribution in [2.45, 2.75) is 71.0 Å². The van der Waals surface area contributed by atoms with Gasteiger partial charge >= 0.3 is 0 Å². The molecule has 4 aromatic rings. The Balaban J connectivity index is 1.81. The second kappa shape index (κ2) is 14.1. The molecule has 1 unspecified atom stereocenters. The van der Waals surface area contributed by atoms with E-state index in [4.69, 9.17) is 0 Å². The molecule has 0 aliphatic heterocycles. The van der Waals surface area contributed by atoms with Crippen LogP contribution in [0.3, 0.4) is 0 Å². The number of rotatable bonds is 11. The van der Waals surface area contributed by atoms with E-state index < -0.39 is 34.1 Å². The van der Waals surface area contributed by atoms with Gasteiger partial charge in [0.15, 0.2) is 0 Å². The van der Waals surface area contributed by atoms with Crippen LogP contribution >= 0.6 is 0 Å². The summed E-state index contributed by atoms with van der Waals surface area (Å²) in [4.78, 5) is 30.1. The molecule has 0 radical (unpaired) electrons. The van der Waals surface area contributed by atoms with Gasteiger partial charge in [-0.1, -0.05) is 90.0 Å². The van der Waals surface area contributed by atoms with E-state index in [0.29, 0.717) is 5.69 Å². The van der Waals surface area contributed by atoms with Gasteiger partial charge in [0, 0.05) is 18.5 Å². The number of amides is 2. The Kier molecular flexibility index (Phi) is 10.5. The monoisotopic (exact) mass is 625 g/mol. The SMILES string of the molecule is Cc1ccc(CN(C(=O)CN(c2cccc(C)c2)S(=O)(=O)c2ccc(C)cc2)C(Cc2ccccc2)C(=O)NC(C)(C)C)cc1. The van der Waals surface area contributed by atoms with Gasteiger partial charge in [0.1, 0.15) is 12.6 Å².